The molecule has 0 saturated carbocycles. The highest BCUT2D eigenvalue weighted by Gasteiger charge is 2.36. The molecule has 0 spiro atoms. The smallest absolute Gasteiger partial charge is 0.311 e. The van der Waals surface area contributed by atoms with Crippen LogP contribution in [-0.2, 0) is 14.3 Å². The molecule has 150 valence electrons. The van der Waals surface area contributed by atoms with E-state index in [-0.39, 0.29) is 31.3 Å². The lowest BCUT2D eigenvalue weighted by atomic mass is 10.0. The highest BCUT2D eigenvalue weighted by atomic mass is 16.5. The third-order valence-corrected chi connectivity index (χ3v) is 4.91. The van der Waals surface area contributed by atoms with Crippen molar-refractivity contribution < 1.29 is 23.9 Å². The van der Waals surface area contributed by atoms with Gasteiger partial charge in [-0.15, -0.1) is 0 Å². The number of benzene rings is 2. The van der Waals surface area contributed by atoms with Crippen LogP contribution in [0, 0.1) is 19.8 Å². The zero-order chi connectivity index (χ0) is 21.0. The van der Waals surface area contributed by atoms with Crippen LogP contribution >= 0.6 is 0 Å². The Balaban J connectivity index is 1.52. The molecule has 7 heteroatoms. The van der Waals surface area contributed by atoms with Gasteiger partial charge >= 0.3 is 5.97 Å². The summed E-state index contributed by atoms with van der Waals surface area (Å²) in [6, 6.07) is 13.8. The average Bonchev–Trinajstić information content (AvgIpc) is 3.09. The van der Waals surface area contributed by atoms with Crippen molar-refractivity contribution in [1.82, 2.24) is 10.4 Å². The van der Waals surface area contributed by atoms with Gasteiger partial charge in [-0.1, -0.05) is 30.3 Å². The number of esters is 1. The number of ketones is 1. The predicted octanol–water partition coefficient (Wildman–Crippen LogP) is 2.22. The Labute approximate surface area is 168 Å². The lowest BCUT2D eigenvalue weighted by Crippen LogP contribution is -2.43. The van der Waals surface area contributed by atoms with Gasteiger partial charge in [-0.3, -0.25) is 29.6 Å². The van der Waals surface area contributed by atoms with Crippen molar-refractivity contribution in [3.05, 3.63) is 70.8 Å². The summed E-state index contributed by atoms with van der Waals surface area (Å²) in [6.45, 7) is 3.47. The largest absolute Gasteiger partial charge is 0.457 e. The Kier molecular flexibility index (Phi) is 6.07. The standard InChI is InChI=1S/C22H22N2O5/c1-14-8-9-17(10-15(14)2)19(25)13-29-22(28)18-11-20(26)24(12-18)23-21(27)16-6-4-3-5-7-16/h3-10,18H,11-13H2,1-2H3,(H,23,27)/t18-/m0/s1. The molecule has 2 aromatic rings. The second-order valence-electron chi connectivity index (χ2n) is 7.04. The van der Waals surface area contributed by atoms with Crippen LogP contribution < -0.4 is 5.43 Å². The maximum absolute atomic E-state index is 12.3. The van der Waals surface area contributed by atoms with E-state index >= 15 is 0 Å². The van der Waals surface area contributed by atoms with E-state index in [4.69, 9.17) is 4.74 Å². The Morgan fingerprint density at radius 2 is 1.76 bits per heavy atom. The molecule has 29 heavy (non-hydrogen) atoms. The number of Topliss-reactive ketones (excluding diaryl/α,β-unsaturated/α-hetero) is 1. The predicted molar refractivity (Wildman–Crippen MR) is 105 cm³/mol. The summed E-state index contributed by atoms with van der Waals surface area (Å²) in [5, 5.41) is 1.12. The number of carbonyl (C=O) groups is 4. The number of aryl methyl sites for hydroxylation is 2. The van der Waals surface area contributed by atoms with Crippen molar-refractivity contribution in [1.29, 1.82) is 0 Å². The number of hydrogen-bond donors (Lipinski definition) is 1. The molecule has 0 bridgehead atoms. The van der Waals surface area contributed by atoms with E-state index in [1.807, 2.05) is 19.9 Å². The molecule has 1 heterocycles. The molecule has 7 nitrogen and oxygen atoms in total. The maximum atomic E-state index is 12.3. The van der Waals surface area contributed by atoms with E-state index in [1.54, 1.807) is 42.5 Å². The summed E-state index contributed by atoms with van der Waals surface area (Å²) in [6.07, 6.45) is -0.0776. The number of hydrazine groups is 1. The molecule has 1 N–H and O–H groups in total. The van der Waals surface area contributed by atoms with Crippen LogP contribution in [0.3, 0.4) is 0 Å². The quantitative estimate of drug-likeness (QED) is 0.599. The summed E-state index contributed by atoms with van der Waals surface area (Å²) in [5.74, 6) is -2.48. The van der Waals surface area contributed by atoms with Crippen molar-refractivity contribution in [2.45, 2.75) is 20.3 Å². The van der Waals surface area contributed by atoms with Gasteiger partial charge in [0.1, 0.15) is 0 Å². The van der Waals surface area contributed by atoms with E-state index in [0.29, 0.717) is 11.1 Å². The number of amides is 2. The Bertz CT molecular complexity index is 955. The Hall–Kier alpha value is -3.48. The van der Waals surface area contributed by atoms with Crippen LogP contribution in [0.4, 0.5) is 0 Å². The summed E-state index contributed by atoms with van der Waals surface area (Å²) < 4.78 is 5.12. The van der Waals surface area contributed by atoms with Gasteiger partial charge in [0.05, 0.1) is 12.5 Å². The van der Waals surface area contributed by atoms with Gasteiger partial charge in [0.15, 0.2) is 12.4 Å². The zero-order valence-corrected chi connectivity index (χ0v) is 16.3. The molecule has 0 aromatic heterocycles. The van der Waals surface area contributed by atoms with Gasteiger partial charge in [0.2, 0.25) is 5.91 Å². The van der Waals surface area contributed by atoms with Gasteiger partial charge in [-0.25, -0.2) is 0 Å². The number of hydrogen-bond acceptors (Lipinski definition) is 5. The van der Waals surface area contributed by atoms with Crippen LogP contribution in [-0.4, -0.2) is 41.7 Å². The molecule has 2 amide bonds. The van der Waals surface area contributed by atoms with Crippen LogP contribution in [0.25, 0.3) is 0 Å². The van der Waals surface area contributed by atoms with Crippen LogP contribution in [0.2, 0.25) is 0 Å². The molecule has 0 aliphatic carbocycles. The molecular weight excluding hydrogens is 372 g/mol. The van der Waals surface area contributed by atoms with Crippen molar-refractivity contribution in [3.8, 4) is 0 Å². The fourth-order valence-electron chi connectivity index (χ4n) is 3.00. The summed E-state index contributed by atoms with van der Waals surface area (Å²) in [5.41, 5.74) is 5.43. The van der Waals surface area contributed by atoms with Crippen LogP contribution in [0.1, 0.15) is 38.3 Å². The minimum absolute atomic E-state index is 0.00801. The van der Waals surface area contributed by atoms with Gasteiger partial charge in [0, 0.05) is 17.5 Å². The van der Waals surface area contributed by atoms with E-state index in [2.05, 4.69) is 5.43 Å². The molecule has 3 rings (SSSR count). The number of carbonyl (C=O) groups excluding carboxylic acids is 4. The van der Waals surface area contributed by atoms with E-state index in [9.17, 15) is 19.2 Å². The van der Waals surface area contributed by atoms with Gasteiger partial charge in [-0.05, 0) is 43.2 Å². The summed E-state index contributed by atoms with van der Waals surface area (Å²) >= 11 is 0. The summed E-state index contributed by atoms with van der Waals surface area (Å²) in [7, 11) is 0. The van der Waals surface area contributed by atoms with Crippen LogP contribution in [0.5, 0.6) is 0 Å². The second-order valence-corrected chi connectivity index (χ2v) is 7.04. The van der Waals surface area contributed by atoms with E-state index in [1.165, 1.54) is 0 Å². The highest BCUT2D eigenvalue weighted by molar-refractivity contribution is 5.99. The summed E-state index contributed by atoms with van der Waals surface area (Å²) in [4.78, 5) is 48.8. The van der Waals surface area contributed by atoms with Gasteiger partial charge in [-0.2, -0.15) is 0 Å². The monoisotopic (exact) mass is 394 g/mol. The molecule has 1 atom stereocenters. The SMILES string of the molecule is Cc1ccc(C(=O)COC(=O)[C@H]2CC(=O)N(NC(=O)c3ccccc3)C2)cc1C. The Morgan fingerprint density at radius 1 is 1.03 bits per heavy atom. The lowest BCUT2D eigenvalue weighted by Gasteiger charge is -2.17. The van der Waals surface area contributed by atoms with E-state index < -0.39 is 17.8 Å². The molecule has 1 aliphatic rings. The fourth-order valence-corrected chi connectivity index (χ4v) is 3.00. The number of ether oxygens (including phenoxy) is 1. The minimum Gasteiger partial charge on any atom is -0.457 e. The number of nitrogens with zero attached hydrogens (tertiary/aromatic N) is 1. The van der Waals surface area contributed by atoms with E-state index in [0.717, 1.165) is 16.1 Å². The molecule has 0 unspecified atom stereocenters. The first kappa shape index (κ1) is 20.3. The fraction of sp³-hybridized carbons (Fsp3) is 0.273. The maximum Gasteiger partial charge on any atom is 0.311 e. The first-order chi connectivity index (χ1) is 13.8. The van der Waals surface area contributed by atoms with Crippen molar-refractivity contribution >= 4 is 23.6 Å². The number of nitrogens with one attached hydrogen (secondary N) is 1. The average molecular weight is 394 g/mol. The normalized spacial score (nSPS) is 15.9. The minimum atomic E-state index is -0.730. The molecule has 1 aliphatic heterocycles. The second kappa shape index (κ2) is 8.68. The Morgan fingerprint density at radius 3 is 2.45 bits per heavy atom. The van der Waals surface area contributed by atoms with Gasteiger partial charge in [0.25, 0.3) is 5.91 Å². The highest BCUT2D eigenvalue weighted by Crippen LogP contribution is 2.18. The lowest BCUT2D eigenvalue weighted by molar-refractivity contribution is -0.147. The molecule has 0 radical (unpaired) electrons. The third kappa shape index (κ3) is 4.87. The van der Waals surface area contributed by atoms with Crippen molar-refractivity contribution in [2.24, 2.45) is 5.92 Å². The molecule has 2 aromatic carbocycles. The topological polar surface area (TPSA) is 92.8 Å². The molecule has 1 saturated heterocycles. The zero-order valence-electron chi connectivity index (χ0n) is 16.3. The van der Waals surface area contributed by atoms with Crippen LogP contribution in [0.15, 0.2) is 48.5 Å². The first-order valence-corrected chi connectivity index (χ1v) is 9.28. The first-order valence-electron chi connectivity index (χ1n) is 9.28. The van der Waals surface area contributed by atoms with Crippen molar-refractivity contribution in [2.75, 3.05) is 13.2 Å². The molecule has 1 fully saturated rings. The van der Waals surface area contributed by atoms with Crippen molar-refractivity contribution in [3.63, 3.8) is 0 Å². The van der Waals surface area contributed by atoms with Gasteiger partial charge < -0.3 is 4.74 Å². The third-order valence-electron chi connectivity index (χ3n) is 4.91. The number of rotatable bonds is 6. The molecular formula is C22H22N2O5.